The Morgan fingerprint density at radius 3 is 2.82 bits per heavy atom. The first kappa shape index (κ1) is 14.1. The molecule has 0 bridgehead atoms. The number of hydrogen-bond acceptors (Lipinski definition) is 5. The summed E-state index contributed by atoms with van der Waals surface area (Å²) in [6.45, 7) is 1.36. The summed E-state index contributed by atoms with van der Waals surface area (Å²) in [5, 5.41) is 6.20. The summed E-state index contributed by atoms with van der Waals surface area (Å²) < 4.78 is 26.2. The third-order valence-electron chi connectivity index (χ3n) is 2.24. The number of aromatic amines is 1. The molecule has 0 atom stereocenters. The van der Waals surface area contributed by atoms with Crippen LogP contribution in [-0.4, -0.2) is 50.7 Å². The van der Waals surface area contributed by atoms with Gasteiger partial charge in [0, 0.05) is 18.7 Å². The Morgan fingerprint density at radius 1 is 1.53 bits per heavy atom. The number of nitrogens with zero attached hydrogens (tertiary/aromatic N) is 2. The standard InChI is InChI=1S/C9H19N5O2S/c1-14(2)5-3-4-12-17(15,16)9-8(6-10)7-11-13-9/h7,12H,3-6,10H2,1-2H3,(H,11,13). The number of rotatable bonds is 7. The minimum absolute atomic E-state index is 0.0600. The van der Waals surface area contributed by atoms with E-state index in [9.17, 15) is 8.42 Å². The number of nitrogens with two attached hydrogens (primary N) is 1. The van der Waals surface area contributed by atoms with Gasteiger partial charge < -0.3 is 10.6 Å². The fourth-order valence-corrected chi connectivity index (χ4v) is 2.56. The average molecular weight is 261 g/mol. The first-order valence-electron chi connectivity index (χ1n) is 5.34. The van der Waals surface area contributed by atoms with Crippen LogP contribution in [0.25, 0.3) is 0 Å². The van der Waals surface area contributed by atoms with Gasteiger partial charge in [-0.3, -0.25) is 5.10 Å². The van der Waals surface area contributed by atoms with E-state index in [0.29, 0.717) is 12.1 Å². The molecular formula is C9H19N5O2S. The molecule has 0 saturated carbocycles. The zero-order valence-corrected chi connectivity index (χ0v) is 10.9. The second kappa shape index (κ2) is 6.10. The Labute approximate surface area is 101 Å². The van der Waals surface area contributed by atoms with E-state index in [1.165, 1.54) is 6.20 Å². The van der Waals surface area contributed by atoms with Crippen LogP contribution in [0, 0.1) is 0 Å². The maximum atomic E-state index is 11.9. The summed E-state index contributed by atoms with van der Waals surface area (Å²) in [6, 6.07) is 0. The van der Waals surface area contributed by atoms with Crippen molar-refractivity contribution in [1.29, 1.82) is 0 Å². The van der Waals surface area contributed by atoms with Crippen molar-refractivity contribution in [1.82, 2.24) is 19.8 Å². The Hall–Kier alpha value is -0.960. The Balaban J connectivity index is 2.57. The fraction of sp³-hybridized carbons (Fsp3) is 0.667. The molecule has 0 saturated heterocycles. The zero-order chi connectivity index (χ0) is 12.9. The molecule has 1 rings (SSSR count). The summed E-state index contributed by atoms with van der Waals surface area (Å²) in [6.07, 6.45) is 2.17. The Kier molecular flexibility index (Phi) is 5.06. The molecule has 4 N–H and O–H groups in total. The Bertz CT molecular complexity index is 440. The molecule has 0 amide bonds. The lowest BCUT2D eigenvalue weighted by molar-refractivity contribution is 0.400. The van der Waals surface area contributed by atoms with Crippen LogP contribution >= 0.6 is 0 Å². The van der Waals surface area contributed by atoms with Crippen molar-refractivity contribution in [2.24, 2.45) is 5.73 Å². The number of aromatic nitrogens is 2. The first-order valence-corrected chi connectivity index (χ1v) is 6.82. The van der Waals surface area contributed by atoms with Crippen molar-refractivity contribution >= 4 is 10.0 Å². The number of sulfonamides is 1. The second-order valence-electron chi connectivity index (χ2n) is 3.98. The van der Waals surface area contributed by atoms with Crippen LogP contribution in [0.4, 0.5) is 0 Å². The van der Waals surface area contributed by atoms with Gasteiger partial charge in [0.1, 0.15) is 0 Å². The summed E-state index contributed by atoms with van der Waals surface area (Å²) in [5.74, 6) is 0. The van der Waals surface area contributed by atoms with Gasteiger partial charge in [-0.1, -0.05) is 0 Å². The molecule has 0 aliphatic carbocycles. The fourth-order valence-electron chi connectivity index (χ4n) is 1.35. The van der Waals surface area contributed by atoms with E-state index >= 15 is 0 Å². The molecule has 17 heavy (non-hydrogen) atoms. The highest BCUT2D eigenvalue weighted by Gasteiger charge is 2.19. The van der Waals surface area contributed by atoms with Crippen molar-refractivity contribution in [3.63, 3.8) is 0 Å². The smallest absolute Gasteiger partial charge is 0.257 e. The molecule has 8 heteroatoms. The summed E-state index contributed by atoms with van der Waals surface area (Å²) in [5.41, 5.74) is 5.92. The van der Waals surface area contributed by atoms with Crippen molar-refractivity contribution in [2.75, 3.05) is 27.2 Å². The molecule has 1 aromatic heterocycles. The van der Waals surface area contributed by atoms with Crippen LogP contribution in [0.2, 0.25) is 0 Å². The van der Waals surface area contributed by atoms with Crippen LogP contribution in [0.5, 0.6) is 0 Å². The van der Waals surface area contributed by atoms with Gasteiger partial charge >= 0.3 is 0 Å². The van der Waals surface area contributed by atoms with Gasteiger partial charge in [0.25, 0.3) is 10.0 Å². The third kappa shape index (κ3) is 4.08. The maximum Gasteiger partial charge on any atom is 0.257 e. The van der Waals surface area contributed by atoms with Crippen LogP contribution in [0.15, 0.2) is 11.2 Å². The van der Waals surface area contributed by atoms with Gasteiger partial charge in [-0.05, 0) is 27.1 Å². The molecule has 98 valence electrons. The van der Waals surface area contributed by atoms with Crippen LogP contribution in [0.3, 0.4) is 0 Å². The molecule has 7 nitrogen and oxygen atoms in total. The van der Waals surface area contributed by atoms with E-state index in [1.54, 1.807) is 0 Å². The number of nitrogens with one attached hydrogen (secondary N) is 2. The third-order valence-corrected chi connectivity index (χ3v) is 3.72. The van der Waals surface area contributed by atoms with E-state index in [1.807, 2.05) is 19.0 Å². The molecule has 1 heterocycles. The van der Waals surface area contributed by atoms with E-state index in [2.05, 4.69) is 14.9 Å². The largest absolute Gasteiger partial charge is 0.326 e. The zero-order valence-electron chi connectivity index (χ0n) is 10.1. The molecule has 0 unspecified atom stereocenters. The topological polar surface area (TPSA) is 104 Å². The highest BCUT2D eigenvalue weighted by molar-refractivity contribution is 7.89. The predicted molar refractivity (Wildman–Crippen MR) is 64.8 cm³/mol. The minimum Gasteiger partial charge on any atom is -0.326 e. The van der Waals surface area contributed by atoms with Crippen molar-refractivity contribution in [3.05, 3.63) is 11.8 Å². The normalized spacial score (nSPS) is 12.2. The molecule has 0 aliphatic heterocycles. The predicted octanol–water partition coefficient (Wildman–Crippen LogP) is -0.902. The average Bonchev–Trinajstić information content (AvgIpc) is 2.73. The molecule has 1 aromatic rings. The molecule has 0 aromatic carbocycles. The highest BCUT2D eigenvalue weighted by atomic mass is 32.2. The molecule has 0 aliphatic rings. The SMILES string of the molecule is CN(C)CCCNS(=O)(=O)c1[nH]ncc1CN. The van der Waals surface area contributed by atoms with Gasteiger partial charge in [0.05, 0.1) is 6.20 Å². The van der Waals surface area contributed by atoms with Crippen molar-refractivity contribution in [2.45, 2.75) is 18.0 Å². The van der Waals surface area contributed by atoms with Gasteiger partial charge in [-0.25, -0.2) is 13.1 Å². The van der Waals surface area contributed by atoms with E-state index < -0.39 is 10.0 Å². The minimum atomic E-state index is -3.52. The van der Waals surface area contributed by atoms with Gasteiger partial charge in [-0.2, -0.15) is 5.10 Å². The quantitative estimate of drug-likeness (QED) is 0.552. The van der Waals surface area contributed by atoms with E-state index in [4.69, 9.17) is 5.73 Å². The molecule has 0 radical (unpaired) electrons. The number of H-pyrrole nitrogens is 1. The summed E-state index contributed by atoms with van der Waals surface area (Å²) in [7, 11) is 0.357. The lowest BCUT2D eigenvalue weighted by atomic mass is 10.4. The van der Waals surface area contributed by atoms with Crippen LogP contribution < -0.4 is 10.5 Å². The second-order valence-corrected chi connectivity index (χ2v) is 5.69. The molecule has 0 fully saturated rings. The van der Waals surface area contributed by atoms with Crippen molar-refractivity contribution in [3.8, 4) is 0 Å². The summed E-state index contributed by atoms with van der Waals surface area (Å²) in [4.78, 5) is 2.00. The number of hydrogen-bond donors (Lipinski definition) is 3. The van der Waals surface area contributed by atoms with E-state index in [-0.39, 0.29) is 11.6 Å². The van der Waals surface area contributed by atoms with Gasteiger partial charge in [-0.15, -0.1) is 0 Å². The van der Waals surface area contributed by atoms with Gasteiger partial charge in [0.15, 0.2) is 5.03 Å². The van der Waals surface area contributed by atoms with E-state index in [0.717, 1.165) is 13.0 Å². The summed E-state index contributed by atoms with van der Waals surface area (Å²) >= 11 is 0. The first-order chi connectivity index (χ1) is 7.97. The van der Waals surface area contributed by atoms with Gasteiger partial charge in [0.2, 0.25) is 0 Å². The highest BCUT2D eigenvalue weighted by Crippen LogP contribution is 2.10. The lowest BCUT2D eigenvalue weighted by Crippen LogP contribution is -2.28. The van der Waals surface area contributed by atoms with Crippen molar-refractivity contribution < 1.29 is 8.42 Å². The monoisotopic (exact) mass is 261 g/mol. The Morgan fingerprint density at radius 2 is 2.24 bits per heavy atom. The lowest BCUT2D eigenvalue weighted by Gasteiger charge is -2.10. The molecular weight excluding hydrogens is 242 g/mol. The maximum absolute atomic E-state index is 11.9. The molecule has 0 spiro atoms. The van der Waals surface area contributed by atoms with Crippen LogP contribution in [0.1, 0.15) is 12.0 Å². The van der Waals surface area contributed by atoms with Crippen LogP contribution in [-0.2, 0) is 16.6 Å².